The van der Waals surface area contributed by atoms with Crippen LogP contribution in [0, 0.1) is 20.8 Å². The Kier molecular flexibility index (Phi) is 2.94. The molecule has 0 saturated carbocycles. The summed E-state index contributed by atoms with van der Waals surface area (Å²) >= 11 is 0. The number of carbonyl (C=O) groups is 1. The number of aromatic amines is 1. The number of fused-ring (bicyclic) bond motifs is 1. The molecule has 0 bridgehead atoms. The Morgan fingerprint density at radius 3 is 2.45 bits per heavy atom. The van der Waals surface area contributed by atoms with Gasteiger partial charge in [0.25, 0.3) is 0 Å². The molecule has 0 aliphatic rings. The molecular formula is C18H17NO. The SMILES string of the molecule is Cc1ccc2[nH]c(-c3ccc(C)c(C)c3)c(C=O)c2c1. The number of hydrogen-bond donors (Lipinski definition) is 1. The third-order valence-electron chi connectivity index (χ3n) is 3.91. The van der Waals surface area contributed by atoms with Crippen LogP contribution in [-0.4, -0.2) is 11.3 Å². The molecule has 3 aromatic rings. The summed E-state index contributed by atoms with van der Waals surface area (Å²) in [4.78, 5) is 14.9. The standard InChI is InChI=1S/C18H17NO/c1-11-4-7-17-15(8-11)16(10-20)18(19-17)14-6-5-12(2)13(3)9-14/h4-10,19H,1-3H3. The molecule has 0 aliphatic heterocycles. The lowest BCUT2D eigenvalue weighted by molar-refractivity contribution is 0.112. The Morgan fingerprint density at radius 1 is 0.950 bits per heavy atom. The topological polar surface area (TPSA) is 32.9 Å². The summed E-state index contributed by atoms with van der Waals surface area (Å²) < 4.78 is 0. The molecule has 0 atom stereocenters. The summed E-state index contributed by atoms with van der Waals surface area (Å²) in [6, 6.07) is 12.4. The van der Waals surface area contributed by atoms with E-state index in [0.717, 1.165) is 39.6 Å². The number of rotatable bonds is 2. The van der Waals surface area contributed by atoms with Gasteiger partial charge in [0.1, 0.15) is 0 Å². The number of aromatic nitrogens is 1. The molecular weight excluding hydrogens is 246 g/mol. The van der Waals surface area contributed by atoms with Gasteiger partial charge in [0, 0.05) is 16.5 Å². The van der Waals surface area contributed by atoms with Crippen molar-refractivity contribution in [1.29, 1.82) is 0 Å². The van der Waals surface area contributed by atoms with Gasteiger partial charge in [0.15, 0.2) is 6.29 Å². The van der Waals surface area contributed by atoms with Crippen LogP contribution in [0.3, 0.4) is 0 Å². The van der Waals surface area contributed by atoms with Crippen LogP contribution in [0.4, 0.5) is 0 Å². The molecule has 20 heavy (non-hydrogen) atoms. The summed E-state index contributed by atoms with van der Waals surface area (Å²) in [7, 11) is 0. The van der Waals surface area contributed by atoms with Crippen molar-refractivity contribution in [3.63, 3.8) is 0 Å². The molecule has 2 heteroatoms. The van der Waals surface area contributed by atoms with Crippen LogP contribution in [0.2, 0.25) is 0 Å². The van der Waals surface area contributed by atoms with E-state index in [1.54, 1.807) is 0 Å². The van der Waals surface area contributed by atoms with Gasteiger partial charge in [-0.05, 0) is 55.7 Å². The van der Waals surface area contributed by atoms with Crippen LogP contribution >= 0.6 is 0 Å². The normalized spacial score (nSPS) is 10.9. The van der Waals surface area contributed by atoms with Crippen LogP contribution in [0.15, 0.2) is 36.4 Å². The van der Waals surface area contributed by atoms with Gasteiger partial charge in [-0.3, -0.25) is 4.79 Å². The average Bonchev–Trinajstić information content (AvgIpc) is 2.79. The monoisotopic (exact) mass is 263 g/mol. The van der Waals surface area contributed by atoms with Gasteiger partial charge in [-0.2, -0.15) is 0 Å². The van der Waals surface area contributed by atoms with Gasteiger partial charge < -0.3 is 4.98 Å². The van der Waals surface area contributed by atoms with E-state index < -0.39 is 0 Å². The molecule has 1 aromatic heterocycles. The van der Waals surface area contributed by atoms with Gasteiger partial charge >= 0.3 is 0 Å². The van der Waals surface area contributed by atoms with E-state index in [2.05, 4.69) is 49.2 Å². The number of H-pyrrole nitrogens is 1. The van der Waals surface area contributed by atoms with Crippen molar-refractivity contribution in [2.75, 3.05) is 0 Å². The minimum absolute atomic E-state index is 0.743. The fourth-order valence-electron chi connectivity index (χ4n) is 2.57. The third kappa shape index (κ3) is 1.94. The predicted molar refractivity (Wildman–Crippen MR) is 83.3 cm³/mol. The maximum atomic E-state index is 11.5. The van der Waals surface area contributed by atoms with E-state index in [4.69, 9.17) is 0 Å². The van der Waals surface area contributed by atoms with Crippen molar-refractivity contribution in [2.24, 2.45) is 0 Å². The Labute approximate surface area is 118 Å². The molecule has 1 heterocycles. The van der Waals surface area contributed by atoms with Crippen LogP contribution in [0.25, 0.3) is 22.2 Å². The van der Waals surface area contributed by atoms with Crippen LogP contribution in [-0.2, 0) is 0 Å². The lowest BCUT2D eigenvalue weighted by atomic mass is 10.0. The molecule has 0 fully saturated rings. The lowest BCUT2D eigenvalue weighted by Crippen LogP contribution is -1.87. The number of aldehydes is 1. The molecule has 100 valence electrons. The van der Waals surface area contributed by atoms with E-state index in [0.29, 0.717) is 0 Å². The molecule has 1 N–H and O–H groups in total. The van der Waals surface area contributed by atoms with E-state index in [1.165, 1.54) is 11.1 Å². The second kappa shape index (κ2) is 4.64. The molecule has 0 aliphatic carbocycles. The van der Waals surface area contributed by atoms with Gasteiger partial charge in [0.05, 0.1) is 5.69 Å². The second-order valence-electron chi connectivity index (χ2n) is 5.38. The Balaban J connectivity index is 2.30. The molecule has 2 aromatic carbocycles. The average molecular weight is 263 g/mol. The molecule has 0 amide bonds. The van der Waals surface area contributed by atoms with E-state index in [-0.39, 0.29) is 0 Å². The largest absolute Gasteiger partial charge is 0.354 e. The number of hydrogen-bond acceptors (Lipinski definition) is 1. The molecule has 2 nitrogen and oxygen atoms in total. The second-order valence-corrected chi connectivity index (χ2v) is 5.38. The summed E-state index contributed by atoms with van der Waals surface area (Å²) in [6.45, 7) is 6.22. The van der Waals surface area contributed by atoms with Gasteiger partial charge in [-0.25, -0.2) is 0 Å². The fourth-order valence-corrected chi connectivity index (χ4v) is 2.57. The quantitative estimate of drug-likeness (QED) is 0.675. The molecule has 0 unspecified atom stereocenters. The van der Waals surface area contributed by atoms with Gasteiger partial charge in [-0.15, -0.1) is 0 Å². The van der Waals surface area contributed by atoms with Crippen molar-refractivity contribution in [3.8, 4) is 11.3 Å². The predicted octanol–water partition coefficient (Wildman–Crippen LogP) is 4.57. The number of nitrogens with one attached hydrogen (secondary N) is 1. The van der Waals surface area contributed by atoms with Crippen LogP contribution in [0.1, 0.15) is 27.0 Å². The fraction of sp³-hybridized carbons (Fsp3) is 0.167. The highest BCUT2D eigenvalue weighted by atomic mass is 16.1. The first-order valence-corrected chi connectivity index (χ1v) is 6.75. The zero-order chi connectivity index (χ0) is 14.3. The summed E-state index contributed by atoms with van der Waals surface area (Å²) in [5, 5.41) is 0.994. The van der Waals surface area contributed by atoms with Crippen molar-refractivity contribution >= 4 is 17.2 Å². The first-order valence-electron chi connectivity index (χ1n) is 6.75. The first-order chi connectivity index (χ1) is 9.60. The van der Waals surface area contributed by atoms with Crippen molar-refractivity contribution in [3.05, 3.63) is 58.7 Å². The highest BCUT2D eigenvalue weighted by Gasteiger charge is 2.13. The summed E-state index contributed by atoms with van der Waals surface area (Å²) in [5.41, 5.74) is 7.36. The number of carbonyl (C=O) groups excluding carboxylic acids is 1. The lowest BCUT2D eigenvalue weighted by Gasteiger charge is -2.04. The van der Waals surface area contributed by atoms with Crippen molar-refractivity contribution in [2.45, 2.75) is 20.8 Å². The van der Waals surface area contributed by atoms with Gasteiger partial charge in [0.2, 0.25) is 0 Å². The van der Waals surface area contributed by atoms with Gasteiger partial charge in [-0.1, -0.05) is 23.8 Å². The molecule has 3 rings (SSSR count). The maximum Gasteiger partial charge on any atom is 0.152 e. The summed E-state index contributed by atoms with van der Waals surface area (Å²) in [6.07, 6.45) is 0.947. The smallest absolute Gasteiger partial charge is 0.152 e. The maximum absolute atomic E-state index is 11.5. The minimum atomic E-state index is 0.743. The van der Waals surface area contributed by atoms with E-state index in [9.17, 15) is 4.79 Å². The zero-order valence-corrected chi connectivity index (χ0v) is 11.9. The number of benzene rings is 2. The zero-order valence-electron chi connectivity index (χ0n) is 11.9. The third-order valence-corrected chi connectivity index (χ3v) is 3.91. The van der Waals surface area contributed by atoms with E-state index >= 15 is 0 Å². The number of aryl methyl sites for hydroxylation is 3. The summed E-state index contributed by atoms with van der Waals surface area (Å²) in [5.74, 6) is 0. The van der Waals surface area contributed by atoms with Crippen molar-refractivity contribution < 1.29 is 4.79 Å². The van der Waals surface area contributed by atoms with Crippen molar-refractivity contribution in [1.82, 2.24) is 4.98 Å². The first kappa shape index (κ1) is 12.7. The highest BCUT2D eigenvalue weighted by molar-refractivity contribution is 6.04. The molecule has 0 spiro atoms. The minimum Gasteiger partial charge on any atom is -0.354 e. The van der Waals surface area contributed by atoms with E-state index in [1.807, 2.05) is 13.0 Å². The molecule has 0 radical (unpaired) electrons. The van der Waals surface area contributed by atoms with Crippen LogP contribution < -0.4 is 0 Å². The Bertz CT molecular complexity index is 812. The van der Waals surface area contributed by atoms with Crippen LogP contribution in [0.5, 0.6) is 0 Å². The highest BCUT2D eigenvalue weighted by Crippen LogP contribution is 2.30. The molecule has 0 saturated heterocycles. The Morgan fingerprint density at radius 2 is 1.75 bits per heavy atom. The Hall–Kier alpha value is -2.35.